The molecular weight excluding hydrogens is 479 g/mol. The van der Waals surface area contributed by atoms with Gasteiger partial charge in [0.1, 0.15) is 24.3 Å². The van der Waals surface area contributed by atoms with Gasteiger partial charge in [0.25, 0.3) is 0 Å². The maximum Gasteiger partial charge on any atom is 0.440 e. The fourth-order valence-corrected chi connectivity index (χ4v) is 3.61. The number of hydrogen-bond acceptors (Lipinski definition) is 6. The van der Waals surface area contributed by atoms with Crippen molar-refractivity contribution in [3.8, 4) is 17.2 Å². The van der Waals surface area contributed by atoms with Crippen LogP contribution in [0.4, 0.5) is 13.2 Å². The van der Waals surface area contributed by atoms with Gasteiger partial charge in [-0.1, -0.05) is 12.1 Å². The first-order valence-corrected chi connectivity index (χ1v) is 10.9. The average Bonchev–Trinajstić information content (AvgIpc) is 3.42. The standard InChI is InChI=1S/C25H22F3N3O5/c1-14-8-18(15(2)10-16(3)31-23(32)30-24(33)36-31)11-21(9-14)34-12-20-13-35-22(29-20)17-4-6-19(7-5-17)25(26,27)28/h4-11,13,16H,12H2,1-3H3,(H,30,32,33)/b15-10+. The lowest BCUT2D eigenvalue weighted by Crippen LogP contribution is -2.19. The number of halogens is 3. The zero-order valence-electron chi connectivity index (χ0n) is 19.6. The summed E-state index contributed by atoms with van der Waals surface area (Å²) in [6, 6.07) is 9.65. The molecule has 8 nitrogen and oxygen atoms in total. The van der Waals surface area contributed by atoms with Crippen molar-refractivity contribution in [1.82, 2.24) is 14.7 Å². The summed E-state index contributed by atoms with van der Waals surface area (Å²) in [5.74, 6) is -0.0695. The van der Waals surface area contributed by atoms with E-state index in [-0.39, 0.29) is 12.5 Å². The summed E-state index contributed by atoms with van der Waals surface area (Å²) in [4.78, 5) is 29.4. The van der Waals surface area contributed by atoms with Crippen molar-refractivity contribution < 1.29 is 26.8 Å². The third kappa shape index (κ3) is 5.68. The molecule has 1 atom stereocenters. The number of H-pyrrole nitrogens is 1. The van der Waals surface area contributed by atoms with Gasteiger partial charge in [0, 0.05) is 5.56 Å². The van der Waals surface area contributed by atoms with Crippen molar-refractivity contribution in [1.29, 1.82) is 0 Å². The number of aromatic amines is 1. The second kappa shape index (κ2) is 9.76. The molecule has 0 aliphatic heterocycles. The largest absolute Gasteiger partial charge is 0.487 e. The lowest BCUT2D eigenvalue weighted by Gasteiger charge is -2.11. The minimum absolute atomic E-state index is 0.0795. The van der Waals surface area contributed by atoms with Gasteiger partial charge in [-0.25, -0.2) is 19.6 Å². The number of ether oxygens (including phenoxy) is 1. The highest BCUT2D eigenvalue weighted by Gasteiger charge is 2.30. The topological polar surface area (TPSA) is 103 Å². The average molecular weight is 501 g/mol. The fraction of sp³-hybridized carbons (Fsp3) is 0.240. The number of oxazole rings is 1. The third-order valence-electron chi connectivity index (χ3n) is 5.36. The quantitative estimate of drug-likeness (QED) is 0.366. The normalized spacial score (nSPS) is 13.1. The van der Waals surface area contributed by atoms with Crippen molar-refractivity contribution in [3.63, 3.8) is 0 Å². The molecule has 0 spiro atoms. The Balaban J connectivity index is 1.46. The molecule has 0 bridgehead atoms. The van der Waals surface area contributed by atoms with Crippen LogP contribution in [0.15, 0.2) is 73.3 Å². The summed E-state index contributed by atoms with van der Waals surface area (Å²) in [6.45, 7) is 5.56. The van der Waals surface area contributed by atoms with E-state index in [9.17, 15) is 22.8 Å². The zero-order valence-corrected chi connectivity index (χ0v) is 19.6. The first kappa shape index (κ1) is 24.8. The molecule has 4 aromatic rings. The van der Waals surface area contributed by atoms with Crippen molar-refractivity contribution in [2.24, 2.45) is 0 Å². The number of aryl methyl sites for hydroxylation is 1. The highest BCUT2D eigenvalue weighted by molar-refractivity contribution is 5.66. The minimum atomic E-state index is -4.41. The van der Waals surface area contributed by atoms with Crippen LogP contribution in [-0.4, -0.2) is 14.7 Å². The smallest absolute Gasteiger partial charge is 0.440 e. The predicted octanol–water partition coefficient (Wildman–Crippen LogP) is 5.36. The Morgan fingerprint density at radius 2 is 1.92 bits per heavy atom. The monoisotopic (exact) mass is 501 g/mol. The van der Waals surface area contributed by atoms with E-state index in [1.807, 2.05) is 37.0 Å². The molecule has 4 rings (SSSR count). The van der Waals surface area contributed by atoms with E-state index in [1.54, 1.807) is 13.0 Å². The van der Waals surface area contributed by atoms with Crippen LogP contribution in [0.1, 0.15) is 42.3 Å². The second-order valence-corrected chi connectivity index (χ2v) is 8.27. The fourth-order valence-electron chi connectivity index (χ4n) is 3.61. The van der Waals surface area contributed by atoms with Crippen LogP contribution in [0.25, 0.3) is 17.0 Å². The van der Waals surface area contributed by atoms with E-state index >= 15 is 0 Å². The van der Waals surface area contributed by atoms with E-state index in [1.165, 1.54) is 18.4 Å². The molecule has 188 valence electrons. The summed E-state index contributed by atoms with van der Waals surface area (Å²) >= 11 is 0. The van der Waals surface area contributed by atoms with Gasteiger partial charge in [0.2, 0.25) is 5.89 Å². The molecule has 2 heterocycles. The lowest BCUT2D eigenvalue weighted by molar-refractivity contribution is -0.137. The number of rotatable bonds is 7. The highest BCUT2D eigenvalue weighted by Crippen LogP contribution is 2.31. The highest BCUT2D eigenvalue weighted by atomic mass is 19.4. The second-order valence-electron chi connectivity index (χ2n) is 8.27. The van der Waals surface area contributed by atoms with Gasteiger partial charge in [0.15, 0.2) is 0 Å². The van der Waals surface area contributed by atoms with Gasteiger partial charge in [-0.2, -0.15) is 13.2 Å². The Bertz CT molecular complexity index is 1510. The summed E-state index contributed by atoms with van der Waals surface area (Å²) < 4.78 is 55.4. The summed E-state index contributed by atoms with van der Waals surface area (Å²) in [5, 5.41) is 0. The van der Waals surface area contributed by atoms with E-state index in [2.05, 4.69) is 4.98 Å². The third-order valence-corrected chi connectivity index (χ3v) is 5.36. The van der Waals surface area contributed by atoms with Gasteiger partial charge in [0.05, 0.1) is 11.6 Å². The van der Waals surface area contributed by atoms with E-state index in [0.717, 1.165) is 33.6 Å². The molecule has 2 aromatic heterocycles. The Morgan fingerprint density at radius 1 is 1.19 bits per heavy atom. The number of alkyl halides is 3. The summed E-state index contributed by atoms with van der Waals surface area (Å²) in [7, 11) is 0. The minimum Gasteiger partial charge on any atom is -0.487 e. The predicted molar refractivity (Wildman–Crippen MR) is 124 cm³/mol. The van der Waals surface area contributed by atoms with Crippen LogP contribution in [-0.2, 0) is 12.8 Å². The van der Waals surface area contributed by atoms with Gasteiger partial charge in [-0.15, -0.1) is 4.74 Å². The Kier molecular flexibility index (Phi) is 6.73. The maximum absolute atomic E-state index is 12.8. The molecule has 0 amide bonds. The molecule has 0 saturated carbocycles. The molecule has 0 fully saturated rings. The molecule has 11 heteroatoms. The van der Waals surface area contributed by atoms with Crippen LogP contribution in [0.3, 0.4) is 0 Å². The zero-order chi connectivity index (χ0) is 26.0. The first-order valence-electron chi connectivity index (χ1n) is 10.9. The molecular formula is C25H22F3N3O5. The van der Waals surface area contributed by atoms with Crippen LogP contribution >= 0.6 is 0 Å². The van der Waals surface area contributed by atoms with Crippen LogP contribution < -0.4 is 16.2 Å². The van der Waals surface area contributed by atoms with Gasteiger partial charge < -0.3 is 13.7 Å². The summed E-state index contributed by atoms with van der Waals surface area (Å²) in [6.07, 6.45) is -1.24. The number of nitrogens with zero attached hydrogens (tertiary/aromatic N) is 2. The Hall–Kier alpha value is -4.28. The van der Waals surface area contributed by atoms with Crippen molar-refractivity contribution in [2.75, 3.05) is 0 Å². The molecule has 0 radical (unpaired) electrons. The molecule has 36 heavy (non-hydrogen) atoms. The van der Waals surface area contributed by atoms with E-state index in [4.69, 9.17) is 13.7 Å². The first-order chi connectivity index (χ1) is 17.0. The van der Waals surface area contributed by atoms with Gasteiger partial charge in [-0.3, -0.25) is 0 Å². The molecule has 0 aliphatic carbocycles. The SMILES string of the molecule is C/C(=C\C(C)n1oc(=O)[nH]c1=O)c1cc(C)cc(OCc2coc(-c3ccc(C(F)(F)F)cc3)n2)c1. The Morgan fingerprint density at radius 3 is 2.56 bits per heavy atom. The van der Waals surface area contributed by atoms with Crippen molar-refractivity contribution in [2.45, 2.75) is 39.6 Å². The lowest BCUT2D eigenvalue weighted by atomic mass is 10.0. The number of nitrogens with one attached hydrogen (secondary N) is 1. The molecule has 0 saturated heterocycles. The van der Waals surface area contributed by atoms with Crippen LogP contribution in [0, 0.1) is 6.92 Å². The summed E-state index contributed by atoms with van der Waals surface area (Å²) in [5.41, 5.74) is 2.10. The number of hydrogen-bond donors (Lipinski definition) is 1. The maximum atomic E-state index is 12.8. The number of allylic oxidation sites excluding steroid dienone is 2. The van der Waals surface area contributed by atoms with Crippen molar-refractivity contribution in [3.05, 3.63) is 98.2 Å². The van der Waals surface area contributed by atoms with Crippen LogP contribution in [0.2, 0.25) is 0 Å². The molecule has 2 aromatic carbocycles. The van der Waals surface area contributed by atoms with E-state index < -0.39 is 29.2 Å². The van der Waals surface area contributed by atoms with Gasteiger partial charge >= 0.3 is 17.6 Å². The molecule has 1 N–H and O–H groups in total. The number of aromatic nitrogens is 3. The van der Waals surface area contributed by atoms with Gasteiger partial charge in [-0.05, 0) is 73.9 Å². The van der Waals surface area contributed by atoms with E-state index in [0.29, 0.717) is 17.0 Å². The molecule has 1 unspecified atom stereocenters. The van der Waals surface area contributed by atoms with Crippen molar-refractivity contribution >= 4 is 5.57 Å². The number of benzene rings is 2. The van der Waals surface area contributed by atoms with Crippen LogP contribution in [0.5, 0.6) is 5.75 Å². The molecule has 0 aliphatic rings. The Labute approximate surface area is 202 Å².